The maximum Gasteiger partial charge on any atom is 0.146 e. The number of ether oxygens (including phenoxy) is 1. The molecule has 90 valence electrons. The number of pyridine rings is 1. The van der Waals surface area contributed by atoms with Crippen molar-refractivity contribution in [2.75, 3.05) is 43.6 Å². The van der Waals surface area contributed by atoms with E-state index in [0.717, 1.165) is 37.7 Å². The number of morpholine rings is 1. The van der Waals surface area contributed by atoms with Gasteiger partial charge in [0.2, 0.25) is 0 Å². The molecule has 0 spiro atoms. The molecule has 1 saturated heterocycles. The Morgan fingerprint density at radius 2 is 2.18 bits per heavy atom. The number of nitrogens with zero attached hydrogens (tertiary/aromatic N) is 3. The number of aryl methyl sites for hydroxylation is 1. The van der Waals surface area contributed by atoms with Crippen molar-refractivity contribution < 1.29 is 4.74 Å². The van der Waals surface area contributed by atoms with Crippen LogP contribution >= 0.6 is 0 Å². The number of rotatable bonds is 2. The van der Waals surface area contributed by atoms with Crippen LogP contribution in [0.4, 0.5) is 11.6 Å². The second-order valence-corrected chi connectivity index (χ2v) is 3.98. The molecule has 0 saturated carbocycles. The Kier molecular flexibility index (Phi) is 3.45. The Morgan fingerprint density at radius 1 is 1.47 bits per heavy atom. The topological polar surface area (TPSA) is 61.2 Å². The third kappa shape index (κ3) is 2.32. The summed E-state index contributed by atoms with van der Waals surface area (Å²) in [5.74, 6) is 1.56. The quantitative estimate of drug-likeness (QED) is 0.828. The standard InChI is InChI=1S/C12H16N4O/c1-9-7-11(16-3-5-17-6-4-16)15-12(14-2)10(9)8-13/h7H,3-6H2,1-2H3,(H,14,15). The molecule has 1 fully saturated rings. The molecule has 1 N–H and O–H groups in total. The van der Waals surface area contributed by atoms with E-state index in [2.05, 4.69) is 21.3 Å². The Balaban J connectivity index is 2.35. The predicted molar refractivity (Wildman–Crippen MR) is 66.3 cm³/mol. The highest BCUT2D eigenvalue weighted by Crippen LogP contribution is 2.23. The van der Waals surface area contributed by atoms with Crippen LogP contribution in [0.2, 0.25) is 0 Å². The lowest BCUT2D eigenvalue weighted by Crippen LogP contribution is -2.36. The van der Waals surface area contributed by atoms with Gasteiger partial charge in [-0.25, -0.2) is 4.98 Å². The predicted octanol–water partition coefficient (Wildman–Crippen LogP) is 1.14. The normalized spacial score (nSPS) is 15.5. The SMILES string of the molecule is CNc1nc(N2CCOCC2)cc(C)c1C#N. The molecule has 17 heavy (non-hydrogen) atoms. The highest BCUT2D eigenvalue weighted by atomic mass is 16.5. The van der Waals surface area contributed by atoms with Gasteiger partial charge >= 0.3 is 0 Å². The molecule has 1 aliphatic heterocycles. The summed E-state index contributed by atoms with van der Waals surface area (Å²) in [4.78, 5) is 6.66. The zero-order valence-corrected chi connectivity index (χ0v) is 10.2. The summed E-state index contributed by atoms with van der Waals surface area (Å²) < 4.78 is 5.32. The Morgan fingerprint density at radius 3 is 2.76 bits per heavy atom. The summed E-state index contributed by atoms with van der Waals surface area (Å²) in [6.07, 6.45) is 0. The smallest absolute Gasteiger partial charge is 0.146 e. The average molecular weight is 232 g/mol. The molecule has 2 rings (SSSR count). The fraction of sp³-hybridized carbons (Fsp3) is 0.500. The number of nitriles is 1. The van der Waals surface area contributed by atoms with Gasteiger partial charge in [-0.05, 0) is 18.6 Å². The molecule has 1 aromatic heterocycles. The van der Waals surface area contributed by atoms with Gasteiger partial charge < -0.3 is 15.0 Å². The van der Waals surface area contributed by atoms with Crippen molar-refractivity contribution in [1.29, 1.82) is 5.26 Å². The lowest BCUT2D eigenvalue weighted by molar-refractivity contribution is 0.122. The second kappa shape index (κ2) is 5.02. The molecular weight excluding hydrogens is 216 g/mol. The van der Waals surface area contributed by atoms with Gasteiger partial charge in [0.05, 0.1) is 18.8 Å². The van der Waals surface area contributed by atoms with Gasteiger partial charge in [-0.3, -0.25) is 0 Å². The third-order valence-electron chi connectivity index (χ3n) is 2.89. The first-order chi connectivity index (χ1) is 8.26. The molecular formula is C12H16N4O. The first-order valence-electron chi connectivity index (χ1n) is 5.68. The van der Waals surface area contributed by atoms with E-state index in [0.29, 0.717) is 11.4 Å². The maximum atomic E-state index is 9.07. The molecule has 0 atom stereocenters. The second-order valence-electron chi connectivity index (χ2n) is 3.98. The van der Waals surface area contributed by atoms with Gasteiger partial charge in [-0.1, -0.05) is 0 Å². The summed E-state index contributed by atoms with van der Waals surface area (Å²) in [6, 6.07) is 4.14. The fourth-order valence-corrected chi connectivity index (χ4v) is 1.93. The number of hydrogen-bond donors (Lipinski definition) is 1. The minimum Gasteiger partial charge on any atom is -0.378 e. The van der Waals surface area contributed by atoms with Crippen molar-refractivity contribution in [3.05, 3.63) is 17.2 Å². The van der Waals surface area contributed by atoms with E-state index in [-0.39, 0.29) is 0 Å². The van der Waals surface area contributed by atoms with Gasteiger partial charge in [0.25, 0.3) is 0 Å². The minimum atomic E-state index is 0.615. The minimum absolute atomic E-state index is 0.615. The molecule has 5 heteroatoms. The van der Waals surface area contributed by atoms with Crippen LogP contribution < -0.4 is 10.2 Å². The number of aromatic nitrogens is 1. The van der Waals surface area contributed by atoms with Crippen LogP contribution in [0.25, 0.3) is 0 Å². The summed E-state index contributed by atoms with van der Waals surface area (Å²) in [5, 5.41) is 12.0. The van der Waals surface area contributed by atoms with Crippen molar-refractivity contribution >= 4 is 11.6 Å². The zero-order chi connectivity index (χ0) is 12.3. The van der Waals surface area contributed by atoms with Crippen LogP contribution in [0, 0.1) is 18.3 Å². The monoisotopic (exact) mass is 232 g/mol. The van der Waals surface area contributed by atoms with Crippen LogP contribution in [-0.4, -0.2) is 38.3 Å². The molecule has 0 amide bonds. The molecule has 2 heterocycles. The molecule has 1 aromatic rings. The van der Waals surface area contributed by atoms with E-state index >= 15 is 0 Å². The van der Waals surface area contributed by atoms with Crippen molar-refractivity contribution in [2.45, 2.75) is 6.92 Å². The van der Waals surface area contributed by atoms with Crippen LogP contribution in [0.15, 0.2) is 6.07 Å². The number of nitrogens with one attached hydrogen (secondary N) is 1. The van der Waals surface area contributed by atoms with E-state index in [4.69, 9.17) is 10.00 Å². The Bertz CT molecular complexity index is 447. The first kappa shape index (κ1) is 11.7. The van der Waals surface area contributed by atoms with Crippen molar-refractivity contribution in [3.8, 4) is 6.07 Å². The van der Waals surface area contributed by atoms with E-state index in [1.165, 1.54) is 0 Å². The molecule has 1 aliphatic rings. The van der Waals surface area contributed by atoms with E-state index in [1.807, 2.05) is 13.0 Å². The highest BCUT2D eigenvalue weighted by molar-refractivity contribution is 5.61. The molecule has 0 aliphatic carbocycles. The van der Waals surface area contributed by atoms with Crippen LogP contribution in [0.5, 0.6) is 0 Å². The molecule has 5 nitrogen and oxygen atoms in total. The lowest BCUT2D eigenvalue weighted by Gasteiger charge is -2.28. The Hall–Kier alpha value is -1.80. The molecule has 0 bridgehead atoms. The first-order valence-corrected chi connectivity index (χ1v) is 5.68. The van der Waals surface area contributed by atoms with Gasteiger partial charge in [0, 0.05) is 20.1 Å². The number of anilines is 2. The largest absolute Gasteiger partial charge is 0.378 e. The zero-order valence-electron chi connectivity index (χ0n) is 10.2. The van der Waals surface area contributed by atoms with Crippen molar-refractivity contribution in [3.63, 3.8) is 0 Å². The van der Waals surface area contributed by atoms with Crippen molar-refractivity contribution in [2.24, 2.45) is 0 Å². The maximum absolute atomic E-state index is 9.07. The van der Waals surface area contributed by atoms with Gasteiger partial charge in [0.15, 0.2) is 0 Å². The summed E-state index contributed by atoms with van der Waals surface area (Å²) in [7, 11) is 1.78. The number of hydrogen-bond acceptors (Lipinski definition) is 5. The summed E-state index contributed by atoms with van der Waals surface area (Å²) in [6.45, 7) is 5.10. The molecule has 0 radical (unpaired) electrons. The van der Waals surface area contributed by atoms with Gasteiger partial charge in [-0.2, -0.15) is 5.26 Å². The Labute approximate surface area is 101 Å². The van der Waals surface area contributed by atoms with Crippen molar-refractivity contribution in [1.82, 2.24) is 4.98 Å². The fourth-order valence-electron chi connectivity index (χ4n) is 1.93. The van der Waals surface area contributed by atoms with Crippen LogP contribution in [0.1, 0.15) is 11.1 Å². The third-order valence-corrected chi connectivity index (χ3v) is 2.89. The summed E-state index contributed by atoms with van der Waals surface area (Å²) in [5.41, 5.74) is 1.57. The molecule has 0 aromatic carbocycles. The van der Waals surface area contributed by atoms with Gasteiger partial charge in [-0.15, -0.1) is 0 Å². The van der Waals surface area contributed by atoms with E-state index in [9.17, 15) is 0 Å². The summed E-state index contributed by atoms with van der Waals surface area (Å²) >= 11 is 0. The average Bonchev–Trinajstić information content (AvgIpc) is 2.38. The highest BCUT2D eigenvalue weighted by Gasteiger charge is 2.15. The van der Waals surface area contributed by atoms with Gasteiger partial charge in [0.1, 0.15) is 17.7 Å². The molecule has 0 unspecified atom stereocenters. The lowest BCUT2D eigenvalue weighted by atomic mass is 10.1. The van der Waals surface area contributed by atoms with Crippen LogP contribution in [0.3, 0.4) is 0 Å². The van der Waals surface area contributed by atoms with E-state index in [1.54, 1.807) is 7.05 Å². The van der Waals surface area contributed by atoms with E-state index < -0.39 is 0 Å². The van der Waals surface area contributed by atoms with Crippen LogP contribution in [-0.2, 0) is 4.74 Å².